The maximum Gasteiger partial charge on any atom is 0.271 e. The number of amides is 1. The van der Waals surface area contributed by atoms with Crippen LogP contribution in [0.25, 0.3) is 0 Å². The van der Waals surface area contributed by atoms with E-state index in [1.807, 2.05) is 0 Å². The van der Waals surface area contributed by atoms with Gasteiger partial charge in [0.15, 0.2) is 0 Å². The van der Waals surface area contributed by atoms with Crippen molar-refractivity contribution < 1.29 is 17.9 Å². The molecule has 3 rings (SSSR count). The summed E-state index contributed by atoms with van der Waals surface area (Å²) < 4.78 is 33.4. The van der Waals surface area contributed by atoms with Crippen molar-refractivity contribution in [2.24, 2.45) is 0 Å². The first-order valence-corrected chi connectivity index (χ1v) is 10.8. The number of nitrogens with one attached hydrogen (secondary N) is 1. The van der Waals surface area contributed by atoms with Crippen LogP contribution < -0.4 is 4.72 Å². The topological polar surface area (TPSA) is 75.7 Å². The van der Waals surface area contributed by atoms with Gasteiger partial charge in [0.05, 0.1) is 23.4 Å². The van der Waals surface area contributed by atoms with Crippen molar-refractivity contribution in [2.75, 3.05) is 31.0 Å². The van der Waals surface area contributed by atoms with E-state index < -0.39 is 10.0 Å². The number of rotatable bonds is 5. The molecule has 9 heteroatoms. The number of morpholine rings is 1. The fraction of sp³-hybridized carbons (Fsp3) is 0.312. The quantitative estimate of drug-likeness (QED) is 0.768. The summed E-state index contributed by atoms with van der Waals surface area (Å²) in [4.78, 5) is 14.0. The van der Waals surface area contributed by atoms with Crippen molar-refractivity contribution in [3.8, 4) is 0 Å². The van der Waals surface area contributed by atoms with Crippen LogP contribution in [-0.2, 0) is 26.0 Å². The molecule has 1 aliphatic heterocycles. The highest BCUT2D eigenvalue weighted by atomic mass is 79.9. The van der Waals surface area contributed by atoms with Crippen LogP contribution in [0.2, 0.25) is 0 Å². The molecule has 0 spiro atoms. The first-order valence-electron chi connectivity index (χ1n) is 7.67. The highest BCUT2D eigenvalue weighted by Gasteiger charge is 2.18. The molecular formula is C16H17BrN2O4S2. The van der Waals surface area contributed by atoms with E-state index in [9.17, 15) is 13.2 Å². The maximum absolute atomic E-state index is 12.3. The average Bonchev–Trinajstić information content (AvgIpc) is 3.05. The highest BCUT2D eigenvalue weighted by molar-refractivity contribution is 9.11. The second-order valence-corrected chi connectivity index (χ2v) is 9.90. The number of hydrogen-bond acceptors (Lipinski definition) is 5. The molecule has 0 atom stereocenters. The van der Waals surface area contributed by atoms with Gasteiger partial charge in [-0.25, -0.2) is 8.42 Å². The van der Waals surface area contributed by atoms with Gasteiger partial charge in [0, 0.05) is 18.8 Å². The lowest BCUT2D eigenvalue weighted by Crippen LogP contribution is -2.41. The van der Waals surface area contributed by atoms with E-state index in [4.69, 9.17) is 4.74 Å². The summed E-state index contributed by atoms with van der Waals surface area (Å²) >= 11 is 4.40. The molecule has 1 aromatic heterocycles. The second kappa shape index (κ2) is 7.86. The number of carbonyl (C=O) groups excluding carboxylic acids is 1. The highest BCUT2D eigenvalue weighted by Crippen LogP contribution is 2.27. The molecule has 1 aliphatic rings. The predicted molar refractivity (Wildman–Crippen MR) is 100 cm³/mol. The summed E-state index contributed by atoms with van der Waals surface area (Å²) in [6.45, 7) is 2.39. The minimum Gasteiger partial charge on any atom is -0.378 e. The average molecular weight is 445 g/mol. The molecule has 0 aliphatic carbocycles. The third-order valence-corrected chi connectivity index (χ3v) is 7.24. The molecule has 6 nitrogen and oxygen atoms in total. The molecule has 1 fully saturated rings. The van der Waals surface area contributed by atoms with E-state index >= 15 is 0 Å². The molecule has 0 unspecified atom stereocenters. The molecule has 25 heavy (non-hydrogen) atoms. The van der Waals surface area contributed by atoms with Gasteiger partial charge in [0.25, 0.3) is 10.0 Å². The summed E-state index contributed by atoms with van der Waals surface area (Å²) in [5.74, 6) is 0.0556. The SMILES string of the molecule is O=C(Cc1ccc(NS(=O)(=O)c2ccc(Br)s2)cc1)N1CCOCC1. The second-order valence-electron chi connectivity index (χ2n) is 5.53. The zero-order valence-corrected chi connectivity index (χ0v) is 16.5. The number of ether oxygens (including phenoxy) is 1. The Morgan fingerprint density at radius 1 is 1.16 bits per heavy atom. The van der Waals surface area contributed by atoms with E-state index in [0.717, 1.165) is 20.7 Å². The Balaban J connectivity index is 1.63. The predicted octanol–water partition coefficient (Wildman–Crippen LogP) is 2.71. The molecule has 2 heterocycles. The molecule has 0 saturated carbocycles. The largest absolute Gasteiger partial charge is 0.378 e. The van der Waals surface area contributed by atoms with Gasteiger partial charge in [-0.1, -0.05) is 12.1 Å². The van der Waals surface area contributed by atoms with Crippen molar-refractivity contribution in [2.45, 2.75) is 10.6 Å². The van der Waals surface area contributed by atoms with Gasteiger partial charge >= 0.3 is 0 Å². The number of halogens is 1. The lowest BCUT2D eigenvalue weighted by molar-refractivity contribution is -0.134. The molecule has 1 N–H and O–H groups in total. The van der Waals surface area contributed by atoms with Crippen LogP contribution in [0.4, 0.5) is 5.69 Å². The molecule has 1 saturated heterocycles. The number of benzene rings is 1. The summed E-state index contributed by atoms with van der Waals surface area (Å²) in [5, 5.41) is 0. The Labute approximate surface area is 159 Å². The normalized spacial score (nSPS) is 15.2. The van der Waals surface area contributed by atoms with Gasteiger partial charge in [-0.3, -0.25) is 9.52 Å². The van der Waals surface area contributed by atoms with Crippen LogP contribution in [0.5, 0.6) is 0 Å². The first kappa shape index (κ1) is 18.4. The van der Waals surface area contributed by atoms with Gasteiger partial charge in [-0.2, -0.15) is 0 Å². The number of sulfonamides is 1. The molecular weight excluding hydrogens is 428 g/mol. The number of nitrogens with zero attached hydrogens (tertiary/aromatic N) is 1. The van der Waals surface area contributed by atoms with Crippen molar-refractivity contribution in [1.82, 2.24) is 4.90 Å². The van der Waals surface area contributed by atoms with E-state index in [-0.39, 0.29) is 10.1 Å². The lowest BCUT2D eigenvalue weighted by Gasteiger charge is -2.26. The molecule has 134 valence electrons. The molecule has 0 bridgehead atoms. The van der Waals surface area contributed by atoms with Crippen LogP contribution in [0.3, 0.4) is 0 Å². The van der Waals surface area contributed by atoms with Gasteiger partial charge in [0.2, 0.25) is 5.91 Å². The molecule has 0 radical (unpaired) electrons. The van der Waals surface area contributed by atoms with Crippen LogP contribution in [-0.4, -0.2) is 45.5 Å². The van der Waals surface area contributed by atoms with Gasteiger partial charge in [-0.15, -0.1) is 11.3 Å². The van der Waals surface area contributed by atoms with Crippen LogP contribution in [0.1, 0.15) is 5.56 Å². The standard InChI is InChI=1S/C16H17BrN2O4S2/c17-14-5-6-16(24-14)25(21,22)18-13-3-1-12(2-4-13)11-15(20)19-7-9-23-10-8-19/h1-6,18H,7-11H2. The van der Waals surface area contributed by atoms with Gasteiger partial charge in [0.1, 0.15) is 4.21 Å². The third kappa shape index (κ3) is 4.81. The lowest BCUT2D eigenvalue weighted by atomic mass is 10.1. The molecule has 1 aromatic carbocycles. The zero-order valence-electron chi connectivity index (χ0n) is 13.3. The third-order valence-electron chi connectivity index (χ3n) is 3.74. The van der Waals surface area contributed by atoms with E-state index in [0.29, 0.717) is 38.4 Å². The van der Waals surface area contributed by atoms with Crippen molar-refractivity contribution >= 4 is 48.9 Å². The fourth-order valence-corrected chi connectivity index (χ4v) is 5.51. The van der Waals surface area contributed by atoms with E-state index in [1.165, 1.54) is 0 Å². The first-order chi connectivity index (χ1) is 11.9. The van der Waals surface area contributed by atoms with Crippen molar-refractivity contribution in [3.63, 3.8) is 0 Å². The Kier molecular flexibility index (Phi) is 5.78. The summed E-state index contributed by atoms with van der Waals surface area (Å²) in [6, 6.07) is 10.1. The van der Waals surface area contributed by atoms with Gasteiger partial charge in [-0.05, 0) is 45.8 Å². The number of thiophene rings is 1. The Morgan fingerprint density at radius 2 is 1.84 bits per heavy atom. The molecule has 1 amide bonds. The van der Waals surface area contributed by atoms with Crippen LogP contribution >= 0.6 is 27.3 Å². The van der Waals surface area contributed by atoms with Crippen LogP contribution in [0, 0.1) is 0 Å². The zero-order chi connectivity index (χ0) is 17.9. The summed E-state index contributed by atoms with van der Waals surface area (Å²) in [5.41, 5.74) is 1.31. The molecule has 2 aromatic rings. The fourth-order valence-electron chi connectivity index (χ4n) is 2.44. The van der Waals surface area contributed by atoms with Crippen LogP contribution in [0.15, 0.2) is 44.4 Å². The smallest absolute Gasteiger partial charge is 0.271 e. The van der Waals surface area contributed by atoms with E-state index in [1.54, 1.807) is 41.3 Å². The summed E-state index contributed by atoms with van der Waals surface area (Å²) in [6.07, 6.45) is 0.297. The number of carbonyl (C=O) groups is 1. The van der Waals surface area contributed by atoms with Crippen molar-refractivity contribution in [1.29, 1.82) is 0 Å². The van der Waals surface area contributed by atoms with Crippen molar-refractivity contribution in [3.05, 3.63) is 45.7 Å². The minimum absolute atomic E-state index is 0.0556. The Morgan fingerprint density at radius 3 is 2.44 bits per heavy atom. The number of hydrogen-bond donors (Lipinski definition) is 1. The number of anilines is 1. The minimum atomic E-state index is -3.60. The Bertz CT molecular complexity index is 843. The van der Waals surface area contributed by atoms with E-state index in [2.05, 4.69) is 20.7 Å². The van der Waals surface area contributed by atoms with Gasteiger partial charge < -0.3 is 9.64 Å². The summed E-state index contributed by atoms with van der Waals surface area (Å²) in [7, 11) is -3.60. The monoisotopic (exact) mass is 444 g/mol. The Hall–Kier alpha value is -1.42. The maximum atomic E-state index is 12.3.